The van der Waals surface area contributed by atoms with Gasteiger partial charge in [-0.2, -0.15) is 0 Å². The molecule has 62 valence electrons. The summed E-state index contributed by atoms with van der Waals surface area (Å²) in [4.78, 5) is 0. The Bertz CT molecular complexity index is 186. The molecule has 0 heterocycles. The molecule has 1 atom stereocenters. The van der Waals surface area contributed by atoms with E-state index < -0.39 is 0 Å². The minimum atomic E-state index is 0. The molecule has 0 aliphatic carbocycles. The molecule has 2 N–H and O–H groups in total. The lowest BCUT2D eigenvalue weighted by atomic mass is 10.1. The summed E-state index contributed by atoms with van der Waals surface area (Å²) in [5.74, 6) is 0. The first-order valence-electron chi connectivity index (χ1n) is 3.69. The van der Waals surface area contributed by atoms with E-state index in [1.165, 1.54) is 5.56 Å². The van der Waals surface area contributed by atoms with E-state index in [2.05, 4.69) is 43.6 Å². The highest BCUT2D eigenvalue weighted by Crippen LogP contribution is 2.05. The van der Waals surface area contributed by atoms with Crippen LogP contribution in [-0.2, 0) is 0 Å². The summed E-state index contributed by atoms with van der Waals surface area (Å²) in [6.07, 6.45) is 0. The van der Waals surface area contributed by atoms with Gasteiger partial charge in [0.05, 0.1) is 7.05 Å². The predicted octanol–water partition coefficient (Wildman–Crippen LogP) is -2.06. The lowest BCUT2D eigenvalue weighted by Crippen LogP contribution is -3.00. The van der Waals surface area contributed by atoms with Gasteiger partial charge in [-0.25, -0.2) is 0 Å². The van der Waals surface area contributed by atoms with Gasteiger partial charge in [-0.15, -0.1) is 0 Å². The highest BCUT2D eigenvalue weighted by atomic mass is 127. The van der Waals surface area contributed by atoms with E-state index in [1.54, 1.807) is 0 Å². The van der Waals surface area contributed by atoms with Gasteiger partial charge in [-0.05, 0) is 6.92 Å². The van der Waals surface area contributed by atoms with Crippen molar-refractivity contribution in [2.24, 2.45) is 0 Å². The minimum Gasteiger partial charge on any atom is -1.00 e. The molecule has 0 aliphatic heterocycles. The molecule has 0 aliphatic rings. The zero-order valence-electron chi connectivity index (χ0n) is 6.92. The lowest BCUT2D eigenvalue weighted by Gasteiger charge is -2.05. The zero-order chi connectivity index (χ0) is 7.40. The van der Waals surface area contributed by atoms with Crippen molar-refractivity contribution in [2.75, 3.05) is 7.05 Å². The van der Waals surface area contributed by atoms with Gasteiger partial charge >= 0.3 is 0 Å². The van der Waals surface area contributed by atoms with Crippen molar-refractivity contribution in [1.29, 1.82) is 0 Å². The molecule has 0 aromatic heterocycles. The second kappa shape index (κ2) is 5.55. The Morgan fingerprint density at radius 3 is 2.18 bits per heavy atom. The average Bonchev–Trinajstić information content (AvgIpc) is 2.05. The molecule has 0 radical (unpaired) electrons. The Balaban J connectivity index is 0.000001000. The summed E-state index contributed by atoms with van der Waals surface area (Å²) >= 11 is 0. The van der Waals surface area contributed by atoms with Gasteiger partial charge in [-0.3, -0.25) is 0 Å². The van der Waals surface area contributed by atoms with Crippen LogP contribution in [0.5, 0.6) is 0 Å². The van der Waals surface area contributed by atoms with Crippen LogP contribution in [0, 0.1) is 0 Å². The van der Waals surface area contributed by atoms with Gasteiger partial charge < -0.3 is 29.3 Å². The summed E-state index contributed by atoms with van der Waals surface area (Å²) in [6, 6.07) is 11.1. The van der Waals surface area contributed by atoms with Crippen molar-refractivity contribution >= 4 is 0 Å². The summed E-state index contributed by atoms with van der Waals surface area (Å²) in [6.45, 7) is 2.20. The van der Waals surface area contributed by atoms with Gasteiger partial charge in [0.25, 0.3) is 0 Å². The molecule has 0 fully saturated rings. The molecule has 0 saturated carbocycles. The van der Waals surface area contributed by atoms with E-state index in [1.807, 2.05) is 6.07 Å². The smallest absolute Gasteiger partial charge is 0.108 e. The number of hydrogen-bond donors (Lipinski definition) is 1. The third-order valence-electron chi connectivity index (χ3n) is 1.83. The van der Waals surface area contributed by atoms with Crippen LogP contribution in [-0.4, -0.2) is 7.05 Å². The van der Waals surface area contributed by atoms with Crippen LogP contribution in [0.4, 0.5) is 0 Å². The van der Waals surface area contributed by atoms with Crippen LogP contribution in [0.15, 0.2) is 30.3 Å². The summed E-state index contributed by atoms with van der Waals surface area (Å²) in [7, 11) is 2.09. The van der Waals surface area contributed by atoms with Crippen LogP contribution in [0.2, 0.25) is 0 Å². The molecular weight excluding hydrogens is 249 g/mol. The highest BCUT2D eigenvalue weighted by molar-refractivity contribution is 5.16. The monoisotopic (exact) mass is 263 g/mol. The molecule has 1 nitrogen and oxygen atoms in total. The summed E-state index contributed by atoms with van der Waals surface area (Å²) in [5.41, 5.74) is 1.39. The van der Waals surface area contributed by atoms with E-state index in [0.717, 1.165) is 0 Å². The SMILES string of the molecule is C[NH2+]C(C)c1ccccc1.[I-]. The maximum absolute atomic E-state index is 2.20. The van der Waals surface area contributed by atoms with Crippen LogP contribution < -0.4 is 29.3 Å². The van der Waals surface area contributed by atoms with Crippen molar-refractivity contribution in [1.82, 2.24) is 0 Å². The van der Waals surface area contributed by atoms with E-state index >= 15 is 0 Å². The Morgan fingerprint density at radius 2 is 1.73 bits per heavy atom. The third-order valence-corrected chi connectivity index (χ3v) is 1.83. The van der Waals surface area contributed by atoms with Crippen LogP contribution in [0.3, 0.4) is 0 Å². The number of rotatable bonds is 2. The molecule has 0 amide bonds. The van der Waals surface area contributed by atoms with Gasteiger partial charge in [0, 0.05) is 5.56 Å². The number of benzene rings is 1. The fourth-order valence-corrected chi connectivity index (χ4v) is 0.949. The number of nitrogens with two attached hydrogens (primary N) is 1. The van der Waals surface area contributed by atoms with E-state index in [-0.39, 0.29) is 24.0 Å². The molecule has 0 saturated heterocycles. The number of quaternary nitrogens is 1. The van der Waals surface area contributed by atoms with Gasteiger partial charge in [-0.1, -0.05) is 30.3 Å². The molecule has 11 heavy (non-hydrogen) atoms. The van der Waals surface area contributed by atoms with Crippen molar-refractivity contribution < 1.29 is 29.3 Å². The zero-order valence-corrected chi connectivity index (χ0v) is 9.08. The number of hydrogen-bond acceptors (Lipinski definition) is 0. The van der Waals surface area contributed by atoms with Crippen molar-refractivity contribution in [3.05, 3.63) is 35.9 Å². The Kier molecular flexibility index (Phi) is 5.50. The fraction of sp³-hybridized carbons (Fsp3) is 0.333. The van der Waals surface area contributed by atoms with Crippen molar-refractivity contribution in [3.8, 4) is 0 Å². The number of halogens is 1. The third kappa shape index (κ3) is 3.20. The quantitative estimate of drug-likeness (QED) is 0.591. The fourth-order valence-electron chi connectivity index (χ4n) is 0.949. The van der Waals surface area contributed by atoms with Gasteiger partial charge in [0.15, 0.2) is 0 Å². The summed E-state index contributed by atoms with van der Waals surface area (Å²) < 4.78 is 0. The molecule has 0 bridgehead atoms. The van der Waals surface area contributed by atoms with E-state index in [0.29, 0.717) is 6.04 Å². The first-order chi connectivity index (χ1) is 4.84. The Labute approximate surface area is 85.2 Å². The first kappa shape index (κ1) is 10.9. The Hall–Kier alpha value is -0.0900. The minimum absolute atomic E-state index is 0. The van der Waals surface area contributed by atoms with Gasteiger partial charge in [0.1, 0.15) is 6.04 Å². The molecule has 2 heteroatoms. The predicted molar refractivity (Wildman–Crippen MR) is 42.7 cm³/mol. The molecule has 1 aromatic carbocycles. The molecule has 1 unspecified atom stereocenters. The largest absolute Gasteiger partial charge is 1.00 e. The maximum Gasteiger partial charge on any atom is 0.108 e. The summed E-state index contributed by atoms with van der Waals surface area (Å²) in [5, 5.41) is 2.20. The lowest BCUT2D eigenvalue weighted by molar-refractivity contribution is -0.666. The van der Waals surface area contributed by atoms with Crippen molar-refractivity contribution in [3.63, 3.8) is 0 Å². The molecule has 1 rings (SSSR count). The Morgan fingerprint density at radius 1 is 1.18 bits per heavy atom. The topological polar surface area (TPSA) is 16.6 Å². The standard InChI is InChI=1S/C9H13N.HI/c1-8(10-2)9-6-4-3-5-7-9;/h3-8,10H,1-2H3;1H. The molecule has 1 aromatic rings. The normalized spacial score (nSPS) is 11.8. The maximum atomic E-state index is 2.20. The van der Waals surface area contributed by atoms with Crippen LogP contribution >= 0.6 is 0 Å². The molecular formula is C9H14IN. The second-order valence-electron chi connectivity index (χ2n) is 2.53. The highest BCUT2D eigenvalue weighted by Gasteiger charge is 2.01. The average molecular weight is 263 g/mol. The first-order valence-corrected chi connectivity index (χ1v) is 3.69. The van der Waals surface area contributed by atoms with Crippen LogP contribution in [0.1, 0.15) is 18.5 Å². The van der Waals surface area contributed by atoms with E-state index in [4.69, 9.17) is 0 Å². The second-order valence-corrected chi connectivity index (χ2v) is 2.53. The van der Waals surface area contributed by atoms with Gasteiger partial charge in [0.2, 0.25) is 0 Å². The van der Waals surface area contributed by atoms with Crippen LogP contribution in [0.25, 0.3) is 0 Å². The van der Waals surface area contributed by atoms with Crippen molar-refractivity contribution in [2.45, 2.75) is 13.0 Å². The molecule has 0 spiro atoms. The van der Waals surface area contributed by atoms with E-state index in [9.17, 15) is 0 Å².